The van der Waals surface area contributed by atoms with Gasteiger partial charge in [-0.1, -0.05) is 50.7 Å². The van der Waals surface area contributed by atoms with Gasteiger partial charge in [0.05, 0.1) is 15.1 Å². The highest BCUT2D eigenvalue weighted by Crippen LogP contribution is 2.34. The number of anilines is 2. The van der Waals surface area contributed by atoms with Crippen LogP contribution >= 0.6 is 50.7 Å². The van der Waals surface area contributed by atoms with Crippen molar-refractivity contribution in [3.8, 4) is 0 Å². The van der Waals surface area contributed by atoms with Crippen LogP contribution in [0.2, 0.25) is 15.1 Å². The SMILES string of the molecule is CN(C(N)=NCNc1ccc(Br)cc1)c1cc(Cl)c(Cl)c(Cl)c1. The van der Waals surface area contributed by atoms with Crippen LogP contribution in [-0.2, 0) is 0 Å². The maximum atomic E-state index is 6.03. The molecule has 0 unspecified atom stereocenters. The van der Waals surface area contributed by atoms with E-state index in [0.717, 1.165) is 10.2 Å². The van der Waals surface area contributed by atoms with Crippen molar-refractivity contribution in [2.75, 3.05) is 23.9 Å². The van der Waals surface area contributed by atoms with E-state index in [0.29, 0.717) is 33.4 Å². The Balaban J connectivity index is 2.04. The van der Waals surface area contributed by atoms with Crippen LogP contribution in [0.15, 0.2) is 45.9 Å². The summed E-state index contributed by atoms with van der Waals surface area (Å²) in [6.45, 7) is 0.340. The maximum absolute atomic E-state index is 6.03. The minimum atomic E-state index is 0.317. The molecule has 0 aliphatic heterocycles. The summed E-state index contributed by atoms with van der Waals surface area (Å²) >= 11 is 21.4. The Hall–Kier alpha value is -1.14. The first kappa shape index (κ1) is 18.2. The molecule has 0 spiro atoms. The van der Waals surface area contributed by atoms with E-state index in [1.165, 1.54) is 0 Å². The average molecular weight is 437 g/mol. The summed E-state index contributed by atoms with van der Waals surface area (Å²) in [6, 6.07) is 11.1. The molecule has 2 aromatic rings. The molecule has 0 aromatic heterocycles. The molecule has 0 fully saturated rings. The summed E-state index contributed by atoms with van der Waals surface area (Å²) in [5.74, 6) is 0.323. The zero-order valence-electron chi connectivity index (χ0n) is 12.2. The van der Waals surface area contributed by atoms with Crippen LogP contribution in [0, 0.1) is 0 Å². The molecule has 2 rings (SSSR count). The lowest BCUT2D eigenvalue weighted by atomic mass is 10.3. The highest BCUT2D eigenvalue weighted by molar-refractivity contribution is 9.10. The fourth-order valence-corrected chi connectivity index (χ4v) is 2.60. The molecular weight excluding hydrogens is 422 g/mol. The number of nitrogens with zero attached hydrogens (tertiary/aromatic N) is 2. The first-order valence-corrected chi connectivity index (χ1v) is 8.49. The summed E-state index contributed by atoms with van der Waals surface area (Å²) in [5.41, 5.74) is 7.64. The van der Waals surface area contributed by atoms with E-state index in [1.54, 1.807) is 24.1 Å². The van der Waals surface area contributed by atoms with Crippen LogP contribution < -0.4 is 16.0 Å². The molecule has 0 saturated heterocycles. The summed E-state index contributed by atoms with van der Waals surface area (Å²) in [7, 11) is 1.77. The molecule has 0 saturated carbocycles. The van der Waals surface area contributed by atoms with E-state index < -0.39 is 0 Å². The average Bonchev–Trinajstić information content (AvgIpc) is 2.53. The number of aliphatic imine (C=N–C) groups is 1. The second-order valence-corrected chi connectivity index (χ2v) is 6.75. The normalized spacial score (nSPS) is 11.4. The van der Waals surface area contributed by atoms with Crippen molar-refractivity contribution in [1.82, 2.24) is 0 Å². The standard InChI is InChI=1S/C15H14BrCl3N4/c1-23(11-6-12(17)14(19)13(18)7-11)15(20)22-8-21-10-4-2-9(16)3-5-10/h2-7,21H,8H2,1H3,(H2,20,22). The molecule has 0 radical (unpaired) electrons. The molecule has 3 N–H and O–H groups in total. The lowest BCUT2D eigenvalue weighted by Gasteiger charge is -2.19. The Morgan fingerprint density at radius 3 is 2.30 bits per heavy atom. The fourth-order valence-electron chi connectivity index (χ4n) is 1.75. The van der Waals surface area contributed by atoms with Crippen molar-refractivity contribution in [2.45, 2.75) is 0 Å². The van der Waals surface area contributed by atoms with Gasteiger partial charge in [-0.15, -0.1) is 0 Å². The molecule has 4 nitrogen and oxygen atoms in total. The smallest absolute Gasteiger partial charge is 0.197 e. The van der Waals surface area contributed by atoms with Crippen LogP contribution in [0.25, 0.3) is 0 Å². The predicted molar refractivity (Wildman–Crippen MR) is 104 cm³/mol. The third-order valence-electron chi connectivity index (χ3n) is 3.07. The number of hydrogen-bond donors (Lipinski definition) is 2. The van der Waals surface area contributed by atoms with Gasteiger partial charge in [0.25, 0.3) is 0 Å². The van der Waals surface area contributed by atoms with Gasteiger partial charge in [0.1, 0.15) is 6.67 Å². The van der Waals surface area contributed by atoms with Crippen molar-refractivity contribution < 1.29 is 0 Å². The first-order chi connectivity index (χ1) is 10.9. The first-order valence-electron chi connectivity index (χ1n) is 6.56. The molecule has 23 heavy (non-hydrogen) atoms. The zero-order chi connectivity index (χ0) is 17.0. The van der Waals surface area contributed by atoms with Gasteiger partial charge in [0, 0.05) is 22.9 Å². The van der Waals surface area contributed by atoms with Crippen LogP contribution in [0.3, 0.4) is 0 Å². The van der Waals surface area contributed by atoms with E-state index in [9.17, 15) is 0 Å². The Morgan fingerprint density at radius 2 is 1.74 bits per heavy atom. The van der Waals surface area contributed by atoms with Gasteiger partial charge in [-0.3, -0.25) is 0 Å². The van der Waals surface area contributed by atoms with Gasteiger partial charge in [0.2, 0.25) is 0 Å². The molecule has 2 aromatic carbocycles. The molecule has 0 aliphatic rings. The van der Waals surface area contributed by atoms with Crippen molar-refractivity contribution in [3.05, 3.63) is 55.9 Å². The minimum Gasteiger partial charge on any atom is -0.369 e. The molecule has 0 atom stereocenters. The van der Waals surface area contributed by atoms with E-state index in [1.807, 2.05) is 24.3 Å². The Labute approximate surface area is 158 Å². The Morgan fingerprint density at radius 1 is 1.17 bits per heavy atom. The molecule has 8 heteroatoms. The number of benzene rings is 2. The third kappa shape index (κ3) is 4.91. The van der Waals surface area contributed by atoms with E-state index in [-0.39, 0.29) is 0 Å². The summed E-state index contributed by atoms with van der Waals surface area (Å²) < 4.78 is 1.02. The van der Waals surface area contributed by atoms with Crippen molar-refractivity contribution in [2.24, 2.45) is 10.7 Å². The predicted octanol–water partition coefficient (Wildman–Crippen LogP) is 5.23. The summed E-state index contributed by atoms with van der Waals surface area (Å²) in [5, 5.41) is 4.20. The fraction of sp³-hybridized carbons (Fsp3) is 0.133. The highest BCUT2D eigenvalue weighted by Gasteiger charge is 2.11. The van der Waals surface area contributed by atoms with Gasteiger partial charge in [-0.05, 0) is 36.4 Å². The van der Waals surface area contributed by atoms with Gasteiger partial charge < -0.3 is 16.0 Å². The topological polar surface area (TPSA) is 53.6 Å². The Bertz CT molecular complexity index is 696. The van der Waals surface area contributed by atoms with E-state index in [2.05, 4.69) is 26.2 Å². The number of nitrogens with one attached hydrogen (secondary N) is 1. The number of nitrogens with two attached hydrogens (primary N) is 1. The van der Waals surface area contributed by atoms with Crippen molar-refractivity contribution in [3.63, 3.8) is 0 Å². The van der Waals surface area contributed by atoms with Gasteiger partial charge in [-0.2, -0.15) is 0 Å². The second kappa shape index (κ2) is 8.11. The van der Waals surface area contributed by atoms with Crippen LogP contribution in [0.5, 0.6) is 0 Å². The third-order valence-corrected chi connectivity index (χ3v) is 4.79. The quantitative estimate of drug-likeness (QED) is 0.392. The molecular formula is C15H14BrCl3N4. The lowest BCUT2D eigenvalue weighted by Crippen LogP contribution is -2.34. The van der Waals surface area contributed by atoms with Crippen LogP contribution in [0.4, 0.5) is 11.4 Å². The van der Waals surface area contributed by atoms with Gasteiger partial charge in [-0.25, -0.2) is 4.99 Å². The summed E-state index contributed by atoms with van der Waals surface area (Å²) in [4.78, 5) is 5.96. The van der Waals surface area contributed by atoms with Gasteiger partial charge in [0.15, 0.2) is 5.96 Å². The molecule has 0 amide bonds. The van der Waals surface area contributed by atoms with Crippen LogP contribution in [0.1, 0.15) is 0 Å². The van der Waals surface area contributed by atoms with Crippen molar-refractivity contribution in [1.29, 1.82) is 0 Å². The van der Waals surface area contributed by atoms with Gasteiger partial charge >= 0.3 is 0 Å². The highest BCUT2D eigenvalue weighted by atomic mass is 79.9. The summed E-state index contributed by atoms with van der Waals surface area (Å²) in [6.07, 6.45) is 0. The molecule has 0 aliphatic carbocycles. The monoisotopic (exact) mass is 434 g/mol. The van der Waals surface area contributed by atoms with E-state index >= 15 is 0 Å². The minimum absolute atomic E-state index is 0.317. The number of rotatable bonds is 4. The number of halogens is 4. The largest absolute Gasteiger partial charge is 0.369 e. The Kier molecular flexibility index (Phi) is 6.41. The second-order valence-electron chi connectivity index (χ2n) is 4.64. The molecule has 122 valence electrons. The van der Waals surface area contributed by atoms with E-state index in [4.69, 9.17) is 40.5 Å². The van der Waals surface area contributed by atoms with Crippen molar-refractivity contribution >= 4 is 68.1 Å². The van der Waals surface area contributed by atoms with Crippen LogP contribution in [-0.4, -0.2) is 19.7 Å². The number of guanidine groups is 1. The molecule has 0 bridgehead atoms. The zero-order valence-corrected chi connectivity index (χ0v) is 16.0. The lowest BCUT2D eigenvalue weighted by molar-refractivity contribution is 1.09. The maximum Gasteiger partial charge on any atom is 0.197 e. The number of hydrogen-bond acceptors (Lipinski definition) is 2. The molecule has 0 heterocycles.